The number of aromatic amines is 1. The minimum Gasteiger partial charge on any atom is -0.375 e. The molecule has 1 aliphatic rings. The monoisotopic (exact) mass is 241 g/mol. The van der Waals surface area contributed by atoms with Crippen LogP contribution >= 0.6 is 0 Å². The number of aryl methyl sites for hydroxylation is 2. The average molecular weight is 241 g/mol. The van der Waals surface area contributed by atoms with Gasteiger partial charge < -0.3 is 5.32 Å². The van der Waals surface area contributed by atoms with E-state index >= 15 is 0 Å². The zero-order valence-electron chi connectivity index (χ0n) is 10.9. The molecule has 2 aromatic rings. The Morgan fingerprint density at radius 3 is 2.50 bits per heavy atom. The second-order valence-electron chi connectivity index (χ2n) is 5.18. The van der Waals surface area contributed by atoms with Gasteiger partial charge in [-0.1, -0.05) is 30.3 Å². The van der Waals surface area contributed by atoms with E-state index in [1.165, 1.54) is 18.4 Å². The molecule has 0 aliphatic heterocycles. The third-order valence-electron chi connectivity index (χ3n) is 3.68. The first-order valence-corrected chi connectivity index (χ1v) is 6.59. The summed E-state index contributed by atoms with van der Waals surface area (Å²) in [5.74, 6) is 0.765. The summed E-state index contributed by atoms with van der Waals surface area (Å²) in [6, 6.07) is 11.1. The van der Waals surface area contributed by atoms with Crippen molar-refractivity contribution in [2.45, 2.75) is 32.7 Å². The van der Waals surface area contributed by atoms with Crippen molar-refractivity contribution in [2.24, 2.45) is 5.92 Å². The van der Waals surface area contributed by atoms with E-state index < -0.39 is 0 Å². The zero-order chi connectivity index (χ0) is 12.5. The molecule has 3 heteroatoms. The van der Waals surface area contributed by atoms with Gasteiger partial charge >= 0.3 is 0 Å². The third-order valence-corrected chi connectivity index (χ3v) is 3.68. The third kappa shape index (κ3) is 2.13. The second-order valence-corrected chi connectivity index (χ2v) is 5.18. The Hall–Kier alpha value is -1.77. The molecule has 1 unspecified atom stereocenters. The molecule has 1 heterocycles. The fourth-order valence-corrected chi connectivity index (χ4v) is 2.48. The summed E-state index contributed by atoms with van der Waals surface area (Å²) in [6.45, 7) is 4.11. The quantitative estimate of drug-likeness (QED) is 0.858. The van der Waals surface area contributed by atoms with E-state index in [0.717, 1.165) is 23.0 Å². The number of hydrogen-bond acceptors (Lipinski definition) is 2. The summed E-state index contributed by atoms with van der Waals surface area (Å²) in [4.78, 5) is 0. The predicted molar refractivity (Wildman–Crippen MR) is 73.6 cm³/mol. The summed E-state index contributed by atoms with van der Waals surface area (Å²) in [5.41, 5.74) is 4.71. The average Bonchev–Trinajstić information content (AvgIpc) is 3.18. The van der Waals surface area contributed by atoms with E-state index in [1.807, 2.05) is 6.92 Å². The highest BCUT2D eigenvalue weighted by Gasteiger charge is 2.32. The molecule has 3 nitrogen and oxygen atoms in total. The Bertz CT molecular complexity index is 506. The van der Waals surface area contributed by atoms with E-state index in [9.17, 15) is 0 Å². The normalized spacial score (nSPS) is 16.6. The number of rotatable bonds is 4. The van der Waals surface area contributed by atoms with E-state index in [0.29, 0.717) is 6.04 Å². The molecule has 1 atom stereocenters. The van der Waals surface area contributed by atoms with Crippen LogP contribution in [0.1, 0.15) is 35.8 Å². The number of H-pyrrole nitrogens is 1. The van der Waals surface area contributed by atoms with Gasteiger partial charge in [-0.2, -0.15) is 5.10 Å². The van der Waals surface area contributed by atoms with E-state index in [4.69, 9.17) is 0 Å². The first-order valence-electron chi connectivity index (χ1n) is 6.59. The topological polar surface area (TPSA) is 40.7 Å². The molecule has 0 spiro atoms. The molecule has 94 valence electrons. The largest absolute Gasteiger partial charge is 0.375 e. The van der Waals surface area contributed by atoms with Crippen LogP contribution < -0.4 is 5.32 Å². The van der Waals surface area contributed by atoms with Crippen molar-refractivity contribution in [1.29, 1.82) is 0 Å². The lowest BCUT2D eigenvalue weighted by molar-refractivity contribution is 0.678. The Morgan fingerprint density at radius 2 is 1.94 bits per heavy atom. The number of hydrogen-bond donors (Lipinski definition) is 2. The van der Waals surface area contributed by atoms with Gasteiger partial charge in [0, 0.05) is 0 Å². The zero-order valence-corrected chi connectivity index (χ0v) is 10.9. The molecular formula is C15H19N3. The van der Waals surface area contributed by atoms with Crippen LogP contribution in [-0.2, 0) is 0 Å². The Morgan fingerprint density at radius 1 is 1.22 bits per heavy atom. The Kier molecular flexibility index (Phi) is 2.82. The molecule has 2 N–H and O–H groups in total. The number of nitrogens with one attached hydrogen (secondary N) is 2. The van der Waals surface area contributed by atoms with Crippen LogP contribution in [0.25, 0.3) is 0 Å². The highest BCUT2D eigenvalue weighted by molar-refractivity contribution is 5.53. The Labute approximate surface area is 108 Å². The Balaban J connectivity index is 1.88. The van der Waals surface area contributed by atoms with Gasteiger partial charge in [0.15, 0.2) is 0 Å². The van der Waals surface area contributed by atoms with E-state index in [-0.39, 0.29) is 0 Å². The van der Waals surface area contributed by atoms with Gasteiger partial charge in [0.1, 0.15) is 0 Å². The van der Waals surface area contributed by atoms with Crippen LogP contribution in [0.5, 0.6) is 0 Å². The van der Waals surface area contributed by atoms with E-state index in [1.54, 1.807) is 0 Å². The first kappa shape index (κ1) is 11.3. The second kappa shape index (κ2) is 4.48. The maximum absolute atomic E-state index is 4.26. The van der Waals surface area contributed by atoms with Crippen LogP contribution in [-0.4, -0.2) is 10.2 Å². The van der Waals surface area contributed by atoms with Gasteiger partial charge in [-0.15, -0.1) is 0 Å². The maximum Gasteiger partial charge on any atom is 0.0825 e. The molecular weight excluding hydrogens is 222 g/mol. The van der Waals surface area contributed by atoms with Gasteiger partial charge in [-0.25, -0.2) is 0 Å². The molecule has 1 saturated carbocycles. The van der Waals surface area contributed by atoms with Gasteiger partial charge in [0.2, 0.25) is 0 Å². The highest BCUT2D eigenvalue weighted by Crippen LogP contribution is 2.43. The number of nitrogens with zero attached hydrogens (tertiary/aromatic N) is 1. The van der Waals surface area contributed by atoms with Crippen molar-refractivity contribution in [3.8, 4) is 0 Å². The predicted octanol–water partition coefficient (Wildman–Crippen LogP) is 3.59. The van der Waals surface area contributed by atoms with Crippen molar-refractivity contribution in [3.05, 3.63) is 47.3 Å². The smallest absolute Gasteiger partial charge is 0.0825 e. The van der Waals surface area contributed by atoms with Crippen LogP contribution in [0.15, 0.2) is 30.3 Å². The lowest BCUT2D eigenvalue weighted by Gasteiger charge is -2.20. The molecule has 18 heavy (non-hydrogen) atoms. The van der Waals surface area contributed by atoms with Crippen molar-refractivity contribution in [1.82, 2.24) is 10.2 Å². The molecule has 0 radical (unpaired) electrons. The molecule has 0 bridgehead atoms. The molecule has 0 saturated heterocycles. The maximum atomic E-state index is 4.26. The van der Waals surface area contributed by atoms with Gasteiger partial charge in [-0.3, -0.25) is 5.10 Å². The summed E-state index contributed by atoms with van der Waals surface area (Å²) in [7, 11) is 0. The molecule has 1 aliphatic carbocycles. The molecule has 3 rings (SSSR count). The molecule has 1 aromatic heterocycles. The van der Waals surface area contributed by atoms with Gasteiger partial charge in [-0.05, 0) is 38.2 Å². The van der Waals surface area contributed by atoms with Crippen molar-refractivity contribution in [2.75, 3.05) is 5.32 Å². The number of anilines is 1. The van der Waals surface area contributed by atoms with Crippen LogP contribution in [0.4, 0.5) is 5.69 Å². The highest BCUT2D eigenvalue weighted by atomic mass is 15.2. The molecule has 0 amide bonds. The van der Waals surface area contributed by atoms with Gasteiger partial charge in [0.05, 0.1) is 23.1 Å². The minimum absolute atomic E-state index is 0.418. The lowest BCUT2D eigenvalue weighted by Crippen LogP contribution is -2.13. The summed E-state index contributed by atoms with van der Waals surface area (Å²) >= 11 is 0. The molecule has 1 aromatic carbocycles. The van der Waals surface area contributed by atoms with Crippen LogP contribution in [0.3, 0.4) is 0 Å². The summed E-state index contributed by atoms with van der Waals surface area (Å²) in [6.07, 6.45) is 2.64. The van der Waals surface area contributed by atoms with E-state index in [2.05, 4.69) is 52.8 Å². The molecule has 1 fully saturated rings. The number of aromatic nitrogens is 2. The van der Waals surface area contributed by atoms with Crippen LogP contribution in [0.2, 0.25) is 0 Å². The standard InChI is InChI=1S/C15H19N3/c1-10-14(11(2)18-17-10)16-15(13-8-9-13)12-6-4-3-5-7-12/h3-7,13,15-16H,8-9H2,1-2H3,(H,17,18). The number of benzene rings is 1. The van der Waals surface area contributed by atoms with Crippen molar-refractivity contribution >= 4 is 5.69 Å². The van der Waals surface area contributed by atoms with Crippen LogP contribution in [0, 0.1) is 19.8 Å². The minimum atomic E-state index is 0.418. The van der Waals surface area contributed by atoms with Crippen molar-refractivity contribution < 1.29 is 0 Å². The van der Waals surface area contributed by atoms with Gasteiger partial charge in [0.25, 0.3) is 0 Å². The summed E-state index contributed by atoms with van der Waals surface area (Å²) in [5, 5.41) is 11.0. The fraction of sp³-hybridized carbons (Fsp3) is 0.400. The fourth-order valence-electron chi connectivity index (χ4n) is 2.48. The summed E-state index contributed by atoms with van der Waals surface area (Å²) < 4.78 is 0. The SMILES string of the molecule is Cc1n[nH]c(C)c1NC(c1ccccc1)C1CC1. The lowest BCUT2D eigenvalue weighted by atomic mass is 10.0. The first-order chi connectivity index (χ1) is 8.75. The van der Waals surface area contributed by atoms with Crippen molar-refractivity contribution in [3.63, 3.8) is 0 Å².